The summed E-state index contributed by atoms with van der Waals surface area (Å²) in [5.41, 5.74) is 2.21. The molecular formula is C16H21N5O2S. The fraction of sp³-hybridized carbons (Fsp3) is 0.500. The first kappa shape index (κ1) is 16.8. The Kier molecular flexibility index (Phi) is 4.77. The van der Waals surface area contributed by atoms with Gasteiger partial charge in [-0.3, -0.25) is 14.5 Å². The summed E-state index contributed by atoms with van der Waals surface area (Å²) in [6, 6.07) is 0. The van der Waals surface area contributed by atoms with Crippen LogP contribution in [0.1, 0.15) is 32.3 Å². The molecule has 0 radical (unpaired) electrons. The number of amides is 1. The summed E-state index contributed by atoms with van der Waals surface area (Å²) in [5.74, 6) is -0.205. The average Bonchev–Trinajstić information content (AvgIpc) is 2.97. The summed E-state index contributed by atoms with van der Waals surface area (Å²) >= 11 is 1.65. The van der Waals surface area contributed by atoms with Gasteiger partial charge in [-0.1, -0.05) is 0 Å². The number of rotatable bonds is 3. The van der Waals surface area contributed by atoms with Crippen LogP contribution in [0.2, 0.25) is 0 Å². The molecule has 0 unspecified atom stereocenters. The normalized spacial score (nSPS) is 15.7. The van der Waals surface area contributed by atoms with E-state index in [2.05, 4.69) is 25.5 Å². The van der Waals surface area contributed by atoms with E-state index in [9.17, 15) is 9.59 Å². The van der Waals surface area contributed by atoms with Gasteiger partial charge in [0.05, 0.1) is 16.4 Å². The quantitative estimate of drug-likeness (QED) is 0.899. The SMILES string of the molecule is Cc1nc(CN2CCN(C(=O)c3c(C)c(C)n[nH]c3=O)CC2)cs1. The third-order valence-electron chi connectivity index (χ3n) is 4.40. The van der Waals surface area contributed by atoms with Crippen molar-refractivity contribution in [1.82, 2.24) is 25.0 Å². The molecule has 2 aromatic rings. The number of hydrogen-bond donors (Lipinski definition) is 1. The Morgan fingerprint density at radius 1 is 1.25 bits per heavy atom. The Morgan fingerprint density at radius 2 is 1.96 bits per heavy atom. The van der Waals surface area contributed by atoms with Gasteiger partial charge in [-0.05, 0) is 26.3 Å². The van der Waals surface area contributed by atoms with Gasteiger partial charge in [-0.15, -0.1) is 11.3 Å². The molecule has 0 bridgehead atoms. The largest absolute Gasteiger partial charge is 0.336 e. The van der Waals surface area contributed by atoms with Gasteiger partial charge >= 0.3 is 0 Å². The van der Waals surface area contributed by atoms with Crippen LogP contribution < -0.4 is 5.56 Å². The second-order valence-electron chi connectivity index (χ2n) is 6.06. The molecule has 1 aliphatic rings. The third kappa shape index (κ3) is 3.39. The van der Waals surface area contributed by atoms with Crippen molar-refractivity contribution in [3.63, 3.8) is 0 Å². The average molecular weight is 347 g/mol. The predicted molar refractivity (Wildman–Crippen MR) is 92.4 cm³/mol. The van der Waals surface area contributed by atoms with E-state index in [0.717, 1.165) is 30.3 Å². The molecule has 2 aromatic heterocycles. The van der Waals surface area contributed by atoms with E-state index >= 15 is 0 Å². The van der Waals surface area contributed by atoms with Crippen LogP contribution in [0.4, 0.5) is 0 Å². The van der Waals surface area contributed by atoms with Gasteiger partial charge in [0, 0.05) is 38.1 Å². The Bertz CT molecular complexity index is 805. The van der Waals surface area contributed by atoms with Crippen molar-refractivity contribution in [2.24, 2.45) is 0 Å². The lowest BCUT2D eigenvalue weighted by Gasteiger charge is -2.34. The lowest BCUT2D eigenvalue weighted by molar-refractivity contribution is 0.0624. The lowest BCUT2D eigenvalue weighted by atomic mass is 10.1. The van der Waals surface area contributed by atoms with Gasteiger partial charge in [-0.25, -0.2) is 10.1 Å². The molecule has 7 nitrogen and oxygen atoms in total. The molecule has 3 rings (SSSR count). The fourth-order valence-corrected chi connectivity index (χ4v) is 3.46. The van der Waals surface area contributed by atoms with E-state index in [1.54, 1.807) is 30.1 Å². The van der Waals surface area contributed by atoms with Crippen LogP contribution in [0, 0.1) is 20.8 Å². The molecule has 1 amide bonds. The van der Waals surface area contributed by atoms with Crippen LogP contribution in [0.5, 0.6) is 0 Å². The number of aromatic nitrogens is 3. The molecule has 24 heavy (non-hydrogen) atoms. The predicted octanol–water partition coefficient (Wildman–Crippen LogP) is 1.11. The summed E-state index contributed by atoms with van der Waals surface area (Å²) in [6.45, 7) is 9.15. The van der Waals surface area contributed by atoms with Gasteiger partial charge in [0.15, 0.2) is 0 Å². The number of piperazine rings is 1. The summed E-state index contributed by atoms with van der Waals surface area (Å²) in [5, 5.41) is 9.46. The highest BCUT2D eigenvalue weighted by molar-refractivity contribution is 7.09. The first-order valence-electron chi connectivity index (χ1n) is 7.94. The molecule has 1 fully saturated rings. The molecular weight excluding hydrogens is 326 g/mol. The topological polar surface area (TPSA) is 82.2 Å². The number of carbonyl (C=O) groups is 1. The number of hydrogen-bond acceptors (Lipinski definition) is 6. The molecule has 128 valence electrons. The second-order valence-corrected chi connectivity index (χ2v) is 7.13. The molecule has 0 aliphatic carbocycles. The van der Waals surface area contributed by atoms with Crippen molar-refractivity contribution in [1.29, 1.82) is 0 Å². The maximum absolute atomic E-state index is 12.7. The minimum atomic E-state index is -0.413. The monoisotopic (exact) mass is 347 g/mol. The fourth-order valence-electron chi connectivity index (χ4n) is 2.86. The van der Waals surface area contributed by atoms with Gasteiger partial charge < -0.3 is 4.90 Å². The van der Waals surface area contributed by atoms with Crippen LogP contribution in [-0.4, -0.2) is 57.1 Å². The van der Waals surface area contributed by atoms with E-state index in [0.29, 0.717) is 24.3 Å². The molecule has 1 N–H and O–H groups in total. The molecule has 1 aliphatic heterocycles. The van der Waals surface area contributed by atoms with Crippen LogP contribution in [0.25, 0.3) is 0 Å². The Hall–Kier alpha value is -2.06. The van der Waals surface area contributed by atoms with Crippen LogP contribution in [0.15, 0.2) is 10.2 Å². The van der Waals surface area contributed by atoms with Gasteiger partial charge in [0.2, 0.25) is 0 Å². The molecule has 0 aromatic carbocycles. The van der Waals surface area contributed by atoms with Crippen molar-refractivity contribution >= 4 is 17.2 Å². The zero-order chi connectivity index (χ0) is 17.3. The Balaban J connectivity index is 1.65. The van der Waals surface area contributed by atoms with Crippen molar-refractivity contribution in [2.45, 2.75) is 27.3 Å². The zero-order valence-electron chi connectivity index (χ0n) is 14.1. The Morgan fingerprint density at radius 3 is 2.58 bits per heavy atom. The lowest BCUT2D eigenvalue weighted by Crippen LogP contribution is -2.49. The first-order valence-corrected chi connectivity index (χ1v) is 8.82. The van der Waals surface area contributed by atoms with Gasteiger partial charge in [0.25, 0.3) is 11.5 Å². The summed E-state index contributed by atoms with van der Waals surface area (Å²) in [4.78, 5) is 33.2. The van der Waals surface area contributed by atoms with E-state index in [-0.39, 0.29) is 11.5 Å². The van der Waals surface area contributed by atoms with Gasteiger partial charge in [-0.2, -0.15) is 5.10 Å². The number of H-pyrrole nitrogens is 1. The highest BCUT2D eigenvalue weighted by Gasteiger charge is 2.26. The van der Waals surface area contributed by atoms with Crippen molar-refractivity contribution in [3.05, 3.63) is 43.3 Å². The molecule has 1 saturated heterocycles. The smallest absolute Gasteiger partial charge is 0.277 e. The first-order chi connectivity index (χ1) is 11.5. The minimum Gasteiger partial charge on any atom is -0.336 e. The summed E-state index contributed by atoms with van der Waals surface area (Å²) in [6.07, 6.45) is 0. The maximum atomic E-state index is 12.7. The number of nitrogens with one attached hydrogen (secondary N) is 1. The van der Waals surface area contributed by atoms with E-state index < -0.39 is 5.56 Å². The second kappa shape index (κ2) is 6.82. The van der Waals surface area contributed by atoms with E-state index in [1.807, 2.05) is 6.92 Å². The molecule has 3 heterocycles. The number of aryl methyl sites for hydroxylation is 2. The molecule has 0 spiro atoms. The standard InChI is InChI=1S/C16H21N5O2S/c1-10-11(2)18-19-15(22)14(10)16(23)21-6-4-20(5-7-21)8-13-9-24-12(3)17-13/h9H,4-8H2,1-3H3,(H,19,22). The van der Waals surface area contributed by atoms with E-state index in [1.165, 1.54) is 0 Å². The van der Waals surface area contributed by atoms with Crippen molar-refractivity contribution in [2.75, 3.05) is 26.2 Å². The maximum Gasteiger partial charge on any atom is 0.277 e. The highest BCUT2D eigenvalue weighted by atomic mass is 32.1. The number of thiazole rings is 1. The molecule has 8 heteroatoms. The van der Waals surface area contributed by atoms with Crippen LogP contribution in [-0.2, 0) is 6.54 Å². The summed E-state index contributed by atoms with van der Waals surface area (Å²) < 4.78 is 0. The Labute approximate surface area is 144 Å². The molecule has 0 atom stereocenters. The third-order valence-corrected chi connectivity index (χ3v) is 5.22. The van der Waals surface area contributed by atoms with Crippen LogP contribution in [0.3, 0.4) is 0 Å². The number of carbonyl (C=O) groups excluding carboxylic acids is 1. The van der Waals surface area contributed by atoms with Crippen molar-refractivity contribution < 1.29 is 4.79 Å². The number of aromatic amines is 1. The van der Waals surface area contributed by atoms with Crippen LogP contribution >= 0.6 is 11.3 Å². The van der Waals surface area contributed by atoms with Gasteiger partial charge in [0.1, 0.15) is 5.56 Å². The van der Waals surface area contributed by atoms with Crippen molar-refractivity contribution in [3.8, 4) is 0 Å². The zero-order valence-corrected chi connectivity index (χ0v) is 14.9. The summed E-state index contributed by atoms with van der Waals surface area (Å²) in [7, 11) is 0. The number of nitrogens with zero attached hydrogens (tertiary/aromatic N) is 4. The minimum absolute atomic E-state index is 0.205. The van der Waals surface area contributed by atoms with E-state index in [4.69, 9.17) is 0 Å². The molecule has 0 saturated carbocycles. The highest BCUT2D eigenvalue weighted by Crippen LogP contribution is 2.14.